The van der Waals surface area contributed by atoms with Crippen LogP contribution in [0.3, 0.4) is 0 Å². The Morgan fingerprint density at radius 2 is 1.90 bits per heavy atom. The van der Waals surface area contributed by atoms with E-state index in [0.717, 1.165) is 11.1 Å². The Labute approximate surface area is 130 Å². The molecule has 0 bridgehead atoms. The first-order chi connectivity index (χ1) is 9.88. The number of hydrogen-bond acceptors (Lipinski definition) is 3. The van der Waals surface area contributed by atoms with E-state index in [0.29, 0.717) is 5.56 Å². The minimum Gasteiger partial charge on any atom is -0.389 e. The fourth-order valence-corrected chi connectivity index (χ4v) is 3.09. The van der Waals surface area contributed by atoms with E-state index < -0.39 is 10.0 Å². The molecule has 0 aliphatic rings. The highest BCUT2D eigenvalue weighted by atomic mass is 32.2. The van der Waals surface area contributed by atoms with Gasteiger partial charge in [0.05, 0.1) is 4.90 Å². The van der Waals surface area contributed by atoms with Gasteiger partial charge in [-0.3, -0.25) is 0 Å². The van der Waals surface area contributed by atoms with E-state index in [2.05, 4.69) is 4.72 Å². The van der Waals surface area contributed by atoms with Gasteiger partial charge in [0.1, 0.15) is 4.99 Å². The summed E-state index contributed by atoms with van der Waals surface area (Å²) in [6.07, 6.45) is 0. The minimum absolute atomic E-state index is 0.153. The molecular formula is C15H16N2O2S2. The number of hydrogen-bond donors (Lipinski definition) is 2. The number of nitrogens with one attached hydrogen (secondary N) is 1. The Balaban J connectivity index is 2.19. The van der Waals surface area contributed by atoms with Gasteiger partial charge in [0.25, 0.3) is 0 Å². The summed E-state index contributed by atoms with van der Waals surface area (Å²) in [4.78, 5) is 0.325. The molecule has 0 aliphatic carbocycles. The van der Waals surface area contributed by atoms with Gasteiger partial charge in [0.15, 0.2) is 0 Å². The summed E-state index contributed by atoms with van der Waals surface area (Å²) >= 11 is 4.86. The van der Waals surface area contributed by atoms with Crippen molar-refractivity contribution in [2.75, 3.05) is 0 Å². The van der Waals surface area contributed by atoms with Crippen molar-refractivity contribution in [2.24, 2.45) is 5.73 Å². The van der Waals surface area contributed by atoms with Crippen LogP contribution in [-0.4, -0.2) is 13.4 Å². The van der Waals surface area contributed by atoms with E-state index in [-0.39, 0.29) is 16.4 Å². The van der Waals surface area contributed by atoms with Crippen LogP contribution in [0.4, 0.5) is 0 Å². The van der Waals surface area contributed by atoms with Gasteiger partial charge in [0.2, 0.25) is 10.0 Å². The lowest BCUT2D eigenvalue weighted by Crippen LogP contribution is -2.23. The molecule has 2 aromatic rings. The van der Waals surface area contributed by atoms with E-state index in [9.17, 15) is 8.42 Å². The molecule has 2 aromatic carbocycles. The molecule has 0 saturated heterocycles. The average molecular weight is 320 g/mol. The molecule has 0 spiro atoms. The molecule has 0 fully saturated rings. The molecule has 0 atom stereocenters. The van der Waals surface area contributed by atoms with Crippen molar-refractivity contribution in [1.82, 2.24) is 4.72 Å². The van der Waals surface area contributed by atoms with Crippen LogP contribution in [0.15, 0.2) is 53.4 Å². The number of benzene rings is 2. The van der Waals surface area contributed by atoms with Crippen molar-refractivity contribution in [2.45, 2.75) is 18.4 Å². The second-order valence-electron chi connectivity index (χ2n) is 4.71. The van der Waals surface area contributed by atoms with Gasteiger partial charge in [-0.2, -0.15) is 0 Å². The Hall–Kier alpha value is -1.76. The molecule has 110 valence electrons. The molecule has 0 heterocycles. The van der Waals surface area contributed by atoms with Crippen LogP contribution < -0.4 is 10.5 Å². The number of aryl methyl sites for hydroxylation is 1. The van der Waals surface area contributed by atoms with Gasteiger partial charge in [-0.1, -0.05) is 54.2 Å². The zero-order valence-electron chi connectivity index (χ0n) is 11.5. The first kappa shape index (κ1) is 15.6. The maximum atomic E-state index is 12.3. The quantitative estimate of drug-likeness (QED) is 0.828. The van der Waals surface area contributed by atoms with Crippen LogP contribution in [-0.2, 0) is 16.6 Å². The number of nitrogens with two attached hydrogens (primary N) is 1. The molecule has 4 nitrogen and oxygen atoms in total. The molecule has 0 aromatic heterocycles. The molecule has 2 rings (SSSR count). The van der Waals surface area contributed by atoms with E-state index in [1.165, 1.54) is 12.1 Å². The molecule has 21 heavy (non-hydrogen) atoms. The minimum atomic E-state index is -3.59. The first-order valence-corrected chi connectivity index (χ1v) is 8.23. The predicted molar refractivity (Wildman–Crippen MR) is 87.5 cm³/mol. The van der Waals surface area contributed by atoms with Crippen molar-refractivity contribution in [3.8, 4) is 0 Å². The zero-order chi connectivity index (χ0) is 15.5. The van der Waals surface area contributed by atoms with E-state index in [1.54, 1.807) is 12.1 Å². The fourth-order valence-electron chi connectivity index (χ4n) is 1.90. The molecule has 0 radical (unpaired) electrons. The van der Waals surface area contributed by atoms with Gasteiger partial charge < -0.3 is 5.73 Å². The number of thiocarbonyl (C=S) groups is 1. The lowest BCUT2D eigenvalue weighted by atomic mass is 10.1. The second kappa shape index (κ2) is 6.34. The van der Waals surface area contributed by atoms with Crippen LogP contribution in [0.2, 0.25) is 0 Å². The van der Waals surface area contributed by atoms with Crippen molar-refractivity contribution in [1.29, 1.82) is 0 Å². The SMILES string of the molecule is Cc1cccc(CNS(=O)(=O)c2cccc(C(N)=S)c2)c1. The van der Waals surface area contributed by atoms with Gasteiger partial charge in [-0.15, -0.1) is 0 Å². The van der Waals surface area contributed by atoms with Crippen LogP contribution in [0.25, 0.3) is 0 Å². The summed E-state index contributed by atoms with van der Waals surface area (Å²) in [5, 5.41) is 0. The topological polar surface area (TPSA) is 72.2 Å². The van der Waals surface area contributed by atoms with Crippen LogP contribution >= 0.6 is 12.2 Å². The molecule has 0 unspecified atom stereocenters. The highest BCUT2D eigenvalue weighted by Crippen LogP contribution is 2.12. The third kappa shape index (κ3) is 4.10. The predicted octanol–water partition coefficient (Wildman–Crippen LogP) is 2.11. The summed E-state index contributed by atoms with van der Waals surface area (Å²) in [6.45, 7) is 2.20. The largest absolute Gasteiger partial charge is 0.389 e. The molecule has 6 heteroatoms. The van der Waals surface area contributed by atoms with E-state index >= 15 is 0 Å². The summed E-state index contributed by atoms with van der Waals surface area (Å²) in [6, 6.07) is 14.0. The summed E-state index contributed by atoms with van der Waals surface area (Å²) < 4.78 is 27.1. The molecule has 0 amide bonds. The van der Waals surface area contributed by atoms with Crippen molar-refractivity contribution in [3.63, 3.8) is 0 Å². The maximum Gasteiger partial charge on any atom is 0.240 e. The van der Waals surface area contributed by atoms with Crippen LogP contribution in [0.5, 0.6) is 0 Å². The van der Waals surface area contributed by atoms with Crippen LogP contribution in [0.1, 0.15) is 16.7 Å². The lowest BCUT2D eigenvalue weighted by Gasteiger charge is -2.08. The second-order valence-corrected chi connectivity index (χ2v) is 6.91. The Morgan fingerprint density at radius 1 is 1.19 bits per heavy atom. The number of rotatable bonds is 5. The third-order valence-electron chi connectivity index (χ3n) is 2.98. The van der Waals surface area contributed by atoms with Gasteiger partial charge in [-0.05, 0) is 24.6 Å². The highest BCUT2D eigenvalue weighted by molar-refractivity contribution is 7.89. The zero-order valence-corrected chi connectivity index (χ0v) is 13.2. The lowest BCUT2D eigenvalue weighted by molar-refractivity contribution is 0.581. The molecule has 0 aliphatic heterocycles. The summed E-state index contributed by atoms with van der Waals surface area (Å²) in [5.74, 6) is 0. The molecule has 0 saturated carbocycles. The first-order valence-electron chi connectivity index (χ1n) is 6.33. The highest BCUT2D eigenvalue weighted by Gasteiger charge is 2.14. The standard InChI is InChI=1S/C15H16N2O2S2/c1-11-4-2-5-12(8-11)10-17-21(18,19)14-7-3-6-13(9-14)15(16)20/h2-9,17H,10H2,1H3,(H2,16,20). The Bertz CT molecular complexity index is 771. The third-order valence-corrected chi connectivity index (χ3v) is 4.61. The smallest absolute Gasteiger partial charge is 0.240 e. The van der Waals surface area contributed by atoms with Crippen LogP contribution in [0, 0.1) is 6.92 Å². The maximum absolute atomic E-state index is 12.3. The van der Waals surface area contributed by atoms with Crippen molar-refractivity contribution in [3.05, 3.63) is 65.2 Å². The van der Waals surface area contributed by atoms with Gasteiger partial charge in [-0.25, -0.2) is 13.1 Å². The Kier molecular flexibility index (Phi) is 4.72. The van der Waals surface area contributed by atoms with Crippen molar-refractivity contribution < 1.29 is 8.42 Å². The van der Waals surface area contributed by atoms with Gasteiger partial charge >= 0.3 is 0 Å². The fraction of sp³-hybridized carbons (Fsp3) is 0.133. The van der Waals surface area contributed by atoms with Gasteiger partial charge in [0, 0.05) is 12.1 Å². The number of sulfonamides is 1. The normalized spacial score (nSPS) is 11.3. The molecule has 3 N–H and O–H groups in total. The monoisotopic (exact) mass is 320 g/mol. The Morgan fingerprint density at radius 3 is 2.57 bits per heavy atom. The average Bonchev–Trinajstić information content (AvgIpc) is 2.45. The molecular weight excluding hydrogens is 304 g/mol. The summed E-state index contributed by atoms with van der Waals surface area (Å²) in [7, 11) is -3.59. The van der Waals surface area contributed by atoms with Crippen molar-refractivity contribution >= 4 is 27.2 Å². The van der Waals surface area contributed by atoms with E-state index in [4.69, 9.17) is 18.0 Å². The summed E-state index contributed by atoms with van der Waals surface area (Å²) in [5.41, 5.74) is 8.05. The van der Waals surface area contributed by atoms with E-state index in [1.807, 2.05) is 31.2 Å².